The molecular formula is C13H11BrN4O. The monoisotopic (exact) mass is 318 g/mol. The molecule has 0 fully saturated rings. The SMILES string of the molecule is COc1ccc(Br)cc1-c1cnc(NCC#N)nc1. The van der Waals surface area contributed by atoms with Crippen molar-refractivity contribution in [2.45, 2.75) is 0 Å². The number of ether oxygens (including phenoxy) is 1. The van der Waals surface area contributed by atoms with Crippen LogP contribution in [0.1, 0.15) is 0 Å². The molecule has 0 aliphatic heterocycles. The molecule has 1 N–H and O–H groups in total. The minimum absolute atomic E-state index is 0.180. The Morgan fingerprint density at radius 3 is 2.74 bits per heavy atom. The summed E-state index contributed by atoms with van der Waals surface area (Å²) in [5.41, 5.74) is 1.75. The van der Waals surface area contributed by atoms with Gasteiger partial charge >= 0.3 is 0 Å². The van der Waals surface area contributed by atoms with Gasteiger partial charge in [0.15, 0.2) is 0 Å². The maximum absolute atomic E-state index is 8.47. The lowest BCUT2D eigenvalue weighted by molar-refractivity contribution is 0.416. The molecule has 0 radical (unpaired) electrons. The molecule has 96 valence electrons. The van der Waals surface area contributed by atoms with E-state index in [9.17, 15) is 0 Å². The predicted molar refractivity (Wildman–Crippen MR) is 75.8 cm³/mol. The molecule has 0 amide bonds. The molecule has 0 saturated heterocycles. The van der Waals surface area contributed by atoms with Gasteiger partial charge in [-0.05, 0) is 18.2 Å². The van der Waals surface area contributed by atoms with E-state index in [4.69, 9.17) is 10.00 Å². The van der Waals surface area contributed by atoms with Crippen LogP contribution in [0.3, 0.4) is 0 Å². The van der Waals surface area contributed by atoms with Crippen molar-refractivity contribution in [1.29, 1.82) is 5.26 Å². The van der Waals surface area contributed by atoms with Crippen molar-refractivity contribution in [1.82, 2.24) is 9.97 Å². The highest BCUT2D eigenvalue weighted by Gasteiger charge is 2.07. The second kappa shape index (κ2) is 6.16. The lowest BCUT2D eigenvalue weighted by Crippen LogP contribution is -2.02. The van der Waals surface area contributed by atoms with Crippen LogP contribution in [0.4, 0.5) is 5.95 Å². The van der Waals surface area contributed by atoms with E-state index in [0.717, 1.165) is 21.3 Å². The Bertz CT molecular complexity index is 607. The minimum Gasteiger partial charge on any atom is -0.496 e. The molecule has 5 nitrogen and oxygen atoms in total. The average Bonchev–Trinajstić information content (AvgIpc) is 2.45. The summed E-state index contributed by atoms with van der Waals surface area (Å²) < 4.78 is 6.27. The first kappa shape index (κ1) is 13.3. The summed E-state index contributed by atoms with van der Waals surface area (Å²) in [6.07, 6.45) is 3.38. The molecule has 0 bridgehead atoms. The van der Waals surface area contributed by atoms with Gasteiger partial charge in [0.1, 0.15) is 12.3 Å². The summed E-state index contributed by atoms with van der Waals surface area (Å²) in [5, 5.41) is 11.3. The molecule has 0 saturated carbocycles. The van der Waals surface area contributed by atoms with Gasteiger partial charge in [-0.25, -0.2) is 9.97 Å². The summed E-state index contributed by atoms with van der Waals surface area (Å²) >= 11 is 3.43. The number of rotatable bonds is 4. The Morgan fingerprint density at radius 1 is 1.37 bits per heavy atom. The summed E-state index contributed by atoms with van der Waals surface area (Å²) in [6.45, 7) is 0.180. The van der Waals surface area contributed by atoms with Gasteiger partial charge in [0.05, 0.1) is 13.2 Å². The van der Waals surface area contributed by atoms with Gasteiger partial charge in [-0.3, -0.25) is 0 Å². The Hall–Kier alpha value is -2.13. The van der Waals surface area contributed by atoms with E-state index >= 15 is 0 Å². The van der Waals surface area contributed by atoms with E-state index in [1.54, 1.807) is 19.5 Å². The average molecular weight is 319 g/mol. The zero-order chi connectivity index (χ0) is 13.7. The molecule has 1 aromatic heterocycles. The lowest BCUT2D eigenvalue weighted by atomic mass is 10.1. The highest BCUT2D eigenvalue weighted by molar-refractivity contribution is 9.10. The van der Waals surface area contributed by atoms with Crippen LogP contribution in [0.5, 0.6) is 5.75 Å². The fraction of sp³-hybridized carbons (Fsp3) is 0.154. The van der Waals surface area contributed by atoms with Crippen molar-refractivity contribution in [3.63, 3.8) is 0 Å². The van der Waals surface area contributed by atoms with Crippen molar-refractivity contribution in [2.75, 3.05) is 19.0 Å². The summed E-state index contributed by atoms with van der Waals surface area (Å²) in [6, 6.07) is 7.70. The quantitative estimate of drug-likeness (QED) is 0.878. The van der Waals surface area contributed by atoms with Crippen molar-refractivity contribution in [3.8, 4) is 22.9 Å². The lowest BCUT2D eigenvalue weighted by Gasteiger charge is -2.09. The Morgan fingerprint density at radius 2 is 2.11 bits per heavy atom. The van der Waals surface area contributed by atoms with Crippen molar-refractivity contribution >= 4 is 21.9 Å². The normalized spacial score (nSPS) is 9.74. The largest absolute Gasteiger partial charge is 0.496 e. The third-order valence-electron chi connectivity index (χ3n) is 2.45. The van der Waals surface area contributed by atoms with Crippen LogP contribution in [-0.2, 0) is 0 Å². The van der Waals surface area contributed by atoms with Crippen molar-refractivity contribution in [2.24, 2.45) is 0 Å². The van der Waals surface area contributed by atoms with Crippen LogP contribution in [0.2, 0.25) is 0 Å². The number of methoxy groups -OCH3 is 1. The van der Waals surface area contributed by atoms with Gasteiger partial charge in [-0.1, -0.05) is 15.9 Å². The number of nitriles is 1. The van der Waals surface area contributed by atoms with Gasteiger partial charge < -0.3 is 10.1 Å². The van der Waals surface area contributed by atoms with E-state index in [1.807, 2.05) is 24.3 Å². The molecule has 0 unspecified atom stereocenters. The van der Waals surface area contributed by atoms with Gasteiger partial charge in [-0.15, -0.1) is 0 Å². The van der Waals surface area contributed by atoms with Gasteiger partial charge in [-0.2, -0.15) is 5.26 Å². The van der Waals surface area contributed by atoms with E-state index in [-0.39, 0.29) is 6.54 Å². The smallest absolute Gasteiger partial charge is 0.223 e. The molecule has 1 aromatic carbocycles. The number of hydrogen-bond donors (Lipinski definition) is 1. The zero-order valence-electron chi connectivity index (χ0n) is 10.2. The van der Waals surface area contributed by atoms with E-state index in [0.29, 0.717) is 5.95 Å². The molecule has 19 heavy (non-hydrogen) atoms. The summed E-state index contributed by atoms with van der Waals surface area (Å²) in [7, 11) is 1.62. The van der Waals surface area contributed by atoms with Crippen LogP contribution < -0.4 is 10.1 Å². The maximum atomic E-state index is 8.47. The zero-order valence-corrected chi connectivity index (χ0v) is 11.8. The first-order chi connectivity index (χ1) is 9.24. The second-order valence-electron chi connectivity index (χ2n) is 3.65. The molecule has 6 heteroatoms. The first-order valence-electron chi connectivity index (χ1n) is 5.51. The third-order valence-corrected chi connectivity index (χ3v) is 2.94. The van der Waals surface area contributed by atoms with Gasteiger partial charge in [0, 0.05) is 28.0 Å². The molecule has 0 aliphatic carbocycles. The van der Waals surface area contributed by atoms with E-state index in [2.05, 4.69) is 31.2 Å². The van der Waals surface area contributed by atoms with Gasteiger partial charge in [0.25, 0.3) is 0 Å². The minimum atomic E-state index is 0.180. The molecule has 2 rings (SSSR count). The molecular weight excluding hydrogens is 308 g/mol. The maximum Gasteiger partial charge on any atom is 0.223 e. The van der Waals surface area contributed by atoms with Crippen LogP contribution in [0.25, 0.3) is 11.1 Å². The number of benzene rings is 1. The van der Waals surface area contributed by atoms with Gasteiger partial charge in [0.2, 0.25) is 5.95 Å². The fourth-order valence-corrected chi connectivity index (χ4v) is 1.94. The standard InChI is InChI=1S/C13H11BrN4O/c1-19-12-3-2-10(14)6-11(12)9-7-17-13(18-8-9)16-5-4-15/h2-3,6-8H,5H2,1H3,(H,16,17,18). The first-order valence-corrected chi connectivity index (χ1v) is 6.30. The topological polar surface area (TPSA) is 70.8 Å². The van der Waals surface area contributed by atoms with Crippen LogP contribution >= 0.6 is 15.9 Å². The summed E-state index contributed by atoms with van der Waals surface area (Å²) in [5.74, 6) is 1.18. The number of hydrogen-bond acceptors (Lipinski definition) is 5. The highest BCUT2D eigenvalue weighted by Crippen LogP contribution is 2.31. The third kappa shape index (κ3) is 3.20. The molecule has 2 aromatic rings. The number of nitrogens with zero attached hydrogens (tertiary/aromatic N) is 3. The second-order valence-corrected chi connectivity index (χ2v) is 4.57. The Kier molecular flexibility index (Phi) is 4.31. The molecule has 0 aliphatic rings. The number of halogens is 1. The van der Waals surface area contributed by atoms with E-state index in [1.165, 1.54) is 0 Å². The Balaban J connectivity index is 2.32. The highest BCUT2D eigenvalue weighted by atomic mass is 79.9. The van der Waals surface area contributed by atoms with Crippen LogP contribution in [0, 0.1) is 11.3 Å². The summed E-state index contributed by atoms with van der Waals surface area (Å²) in [4.78, 5) is 8.31. The number of anilines is 1. The number of aromatic nitrogens is 2. The molecule has 1 heterocycles. The molecule has 0 atom stereocenters. The van der Waals surface area contributed by atoms with Crippen LogP contribution in [0.15, 0.2) is 35.1 Å². The van der Waals surface area contributed by atoms with Crippen LogP contribution in [-0.4, -0.2) is 23.6 Å². The number of nitrogens with one attached hydrogen (secondary N) is 1. The predicted octanol–water partition coefficient (Wildman–Crippen LogP) is 2.85. The van der Waals surface area contributed by atoms with E-state index < -0.39 is 0 Å². The van der Waals surface area contributed by atoms with Crippen molar-refractivity contribution in [3.05, 3.63) is 35.1 Å². The molecule has 0 spiro atoms. The fourth-order valence-electron chi connectivity index (χ4n) is 1.58. The Labute approximate surface area is 119 Å². The van der Waals surface area contributed by atoms with Crippen molar-refractivity contribution < 1.29 is 4.74 Å².